The van der Waals surface area contributed by atoms with Gasteiger partial charge in [-0.25, -0.2) is 4.39 Å². The van der Waals surface area contributed by atoms with E-state index < -0.39 is 7.14 Å². The van der Waals surface area contributed by atoms with Crippen LogP contribution in [0.15, 0.2) is 24.3 Å². The molecule has 1 aliphatic rings. The highest BCUT2D eigenvalue weighted by Gasteiger charge is 2.28. The van der Waals surface area contributed by atoms with Gasteiger partial charge in [0.05, 0.1) is 25.4 Å². The van der Waals surface area contributed by atoms with Gasteiger partial charge >= 0.3 is 0 Å². The summed E-state index contributed by atoms with van der Waals surface area (Å²) in [6, 6.07) is 6.13. The fourth-order valence-corrected chi connectivity index (χ4v) is 4.46. The van der Waals surface area contributed by atoms with Gasteiger partial charge in [-0.05, 0) is 24.3 Å². The number of benzene rings is 1. The average Bonchev–Trinajstić information content (AvgIpc) is 2.19. The van der Waals surface area contributed by atoms with Crippen LogP contribution in [0.3, 0.4) is 0 Å². The Kier molecular flexibility index (Phi) is 2.71. The molecule has 1 heterocycles. The van der Waals surface area contributed by atoms with Crippen LogP contribution < -0.4 is 10.6 Å². The highest BCUT2D eigenvalue weighted by molar-refractivity contribution is 7.71. The van der Waals surface area contributed by atoms with E-state index in [1.807, 2.05) is 0 Å². The summed E-state index contributed by atoms with van der Waals surface area (Å²) in [5, 5.41) is 3.02. The summed E-state index contributed by atoms with van der Waals surface area (Å²) in [4.78, 5) is 0. The second-order valence-electron chi connectivity index (χ2n) is 3.68. The van der Waals surface area contributed by atoms with Gasteiger partial charge in [0.15, 0.2) is 0 Å². The topological polar surface area (TPSA) is 33.7 Å². The van der Waals surface area contributed by atoms with E-state index in [2.05, 4.69) is 5.32 Å². The molecule has 0 amide bonds. The number of halogens is 1. The fraction of sp³-hybridized carbons (Fsp3) is 0.400. The van der Waals surface area contributed by atoms with E-state index >= 15 is 0 Å². The van der Waals surface area contributed by atoms with Gasteiger partial charge in [-0.2, -0.15) is 0 Å². The first kappa shape index (κ1) is 9.88. The van der Waals surface area contributed by atoms with Crippen molar-refractivity contribution in [3.8, 4) is 0 Å². The van der Waals surface area contributed by atoms with E-state index in [1.54, 1.807) is 12.1 Å². The highest BCUT2D eigenvalue weighted by atomic mass is 31.2. The summed E-state index contributed by atoms with van der Waals surface area (Å²) in [5.74, 6) is -0.260. The summed E-state index contributed by atoms with van der Waals surface area (Å²) in [6.07, 6.45) is 1.50. The molecule has 2 rings (SSSR count). The zero-order valence-electron chi connectivity index (χ0n) is 7.95. The van der Waals surface area contributed by atoms with Gasteiger partial charge in [0.2, 0.25) is 0 Å². The van der Waals surface area contributed by atoms with Crippen LogP contribution in [-0.2, 0) is 4.57 Å². The minimum absolute atomic E-state index is 0.260. The first-order valence-electron chi connectivity index (χ1n) is 4.87. The molecule has 0 atom stereocenters. The lowest BCUT2D eigenvalue weighted by Crippen LogP contribution is -2.87. The second kappa shape index (κ2) is 3.84. The van der Waals surface area contributed by atoms with Crippen molar-refractivity contribution in [1.29, 1.82) is 0 Å². The molecule has 0 unspecified atom stereocenters. The third-order valence-electron chi connectivity index (χ3n) is 2.69. The maximum atomic E-state index is 12.7. The maximum Gasteiger partial charge on any atom is 0.126 e. The molecule has 1 aromatic carbocycles. The SMILES string of the molecule is O=P1(c2ccc(F)cc2)CC[NH2+]CC1. The minimum atomic E-state index is -2.18. The van der Waals surface area contributed by atoms with E-state index in [0.717, 1.165) is 30.7 Å². The van der Waals surface area contributed by atoms with E-state index in [0.29, 0.717) is 0 Å². The van der Waals surface area contributed by atoms with E-state index in [4.69, 9.17) is 0 Å². The molecule has 14 heavy (non-hydrogen) atoms. The zero-order chi connectivity index (χ0) is 10.0. The smallest absolute Gasteiger partial charge is 0.126 e. The van der Waals surface area contributed by atoms with Crippen LogP contribution in [0.1, 0.15) is 0 Å². The molecule has 0 saturated carbocycles. The van der Waals surface area contributed by atoms with Crippen molar-refractivity contribution >= 4 is 12.4 Å². The Labute approximate surface area is 82.9 Å². The Hall–Kier alpha value is -0.660. The van der Waals surface area contributed by atoms with Crippen LogP contribution in [0, 0.1) is 5.82 Å². The van der Waals surface area contributed by atoms with Crippen LogP contribution in [0.25, 0.3) is 0 Å². The van der Waals surface area contributed by atoms with E-state index in [-0.39, 0.29) is 5.82 Å². The summed E-state index contributed by atoms with van der Waals surface area (Å²) >= 11 is 0. The molecule has 1 aromatic rings. The molecule has 1 fully saturated rings. The molecule has 1 aliphatic heterocycles. The maximum absolute atomic E-state index is 12.7. The third-order valence-corrected chi connectivity index (χ3v) is 5.89. The first-order chi connectivity index (χ1) is 6.71. The van der Waals surface area contributed by atoms with Crippen LogP contribution in [0.2, 0.25) is 0 Å². The molecule has 2 nitrogen and oxygen atoms in total. The van der Waals surface area contributed by atoms with Gasteiger partial charge in [0, 0.05) is 5.30 Å². The van der Waals surface area contributed by atoms with Crippen LogP contribution in [0.5, 0.6) is 0 Å². The lowest BCUT2D eigenvalue weighted by molar-refractivity contribution is -0.649. The number of hydrogen-bond donors (Lipinski definition) is 1. The largest absolute Gasteiger partial charge is 0.345 e. The molecular formula is C10H14FNOP+. The Bertz CT molecular complexity index is 353. The molecule has 4 heteroatoms. The monoisotopic (exact) mass is 214 g/mol. The quantitative estimate of drug-likeness (QED) is 0.674. The van der Waals surface area contributed by atoms with Crippen molar-refractivity contribution in [3.63, 3.8) is 0 Å². The van der Waals surface area contributed by atoms with Gasteiger partial charge < -0.3 is 9.88 Å². The van der Waals surface area contributed by atoms with Gasteiger partial charge in [0.1, 0.15) is 13.0 Å². The van der Waals surface area contributed by atoms with Gasteiger partial charge in [-0.3, -0.25) is 0 Å². The number of quaternary nitrogens is 1. The average molecular weight is 214 g/mol. The normalized spacial score (nSPS) is 20.6. The standard InChI is InChI=1S/C10H13FNOP/c11-9-1-3-10(4-2-9)14(13)7-5-12-6-8-14/h1-4,12H,5-8H2/p+1. The van der Waals surface area contributed by atoms with Crippen molar-refractivity contribution in [2.24, 2.45) is 0 Å². The Morgan fingerprint density at radius 3 is 2.29 bits per heavy atom. The molecule has 0 bridgehead atoms. The molecule has 0 aliphatic carbocycles. The molecule has 2 N–H and O–H groups in total. The van der Waals surface area contributed by atoms with Crippen molar-refractivity contribution in [2.75, 3.05) is 25.4 Å². The minimum Gasteiger partial charge on any atom is -0.345 e. The summed E-state index contributed by atoms with van der Waals surface area (Å²) in [6.45, 7) is 1.85. The van der Waals surface area contributed by atoms with Crippen molar-refractivity contribution in [3.05, 3.63) is 30.1 Å². The van der Waals surface area contributed by atoms with Gasteiger partial charge in [0.25, 0.3) is 0 Å². The number of nitrogens with two attached hydrogens (primary N) is 1. The highest BCUT2D eigenvalue weighted by Crippen LogP contribution is 2.43. The van der Waals surface area contributed by atoms with Crippen LogP contribution >= 0.6 is 7.14 Å². The molecule has 1 saturated heterocycles. The Morgan fingerprint density at radius 2 is 1.71 bits per heavy atom. The number of hydrogen-bond acceptors (Lipinski definition) is 1. The van der Waals surface area contributed by atoms with Crippen LogP contribution in [-0.4, -0.2) is 25.4 Å². The lowest BCUT2D eigenvalue weighted by atomic mass is 10.3. The number of rotatable bonds is 1. The Morgan fingerprint density at radius 1 is 1.14 bits per heavy atom. The predicted octanol–water partition coefficient (Wildman–Crippen LogP) is 0.391. The second-order valence-corrected chi connectivity index (χ2v) is 6.87. The molecule has 0 radical (unpaired) electrons. The van der Waals surface area contributed by atoms with E-state index in [1.165, 1.54) is 12.1 Å². The lowest BCUT2D eigenvalue weighted by Gasteiger charge is -2.21. The summed E-state index contributed by atoms with van der Waals surface area (Å²) in [7, 11) is -2.18. The molecule has 0 aromatic heterocycles. The first-order valence-corrected chi connectivity index (χ1v) is 6.94. The van der Waals surface area contributed by atoms with E-state index in [9.17, 15) is 8.96 Å². The van der Waals surface area contributed by atoms with Gasteiger partial charge in [-0.1, -0.05) is 0 Å². The predicted molar refractivity (Wildman–Crippen MR) is 55.0 cm³/mol. The molecular weight excluding hydrogens is 200 g/mol. The summed E-state index contributed by atoms with van der Waals surface area (Å²) < 4.78 is 25.1. The Balaban J connectivity index is 2.28. The molecule has 76 valence electrons. The van der Waals surface area contributed by atoms with Crippen molar-refractivity contribution in [1.82, 2.24) is 0 Å². The summed E-state index contributed by atoms with van der Waals surface area (Å²) in [5.41, 5.74) is 0. The van der Waals surface area contributed by atoms with Crippen molar-refractivity contribution in [2.45, 2.75) is 0 Å². The fourth-order valence-electron chi connectivity index (χ4n) is 1.83. The molecule has 0 spiro atoms. The third kappa shape index (κ3) is 1.89. The van der Waals surface area contributed by atoms with Gasteiger partial charge in [-0.15, -0.1) is 0 Å². The van der Waals surface area contributed by atoms with Crippen molar-refractivity contribution < 1.29 is 14.3 Å². The zero-order valence-corrected chi connectivity index (χ0v) is 8.84. The van der Waals surface area contributed by atoms with Crippen LogP contribution in [0.4, 0.5) is 4.39 Å².